The van der Waals surface area contributed by atoms with Crippen LogP contribution in [0, 0.1) is 0 Å². The van der Waals surface area contributed by atoms with Gasteiger partial charge in [-0.15, -0.1) is 0 Å². The molecule has 1 unspecified atom stereocenters. The lowest BCUT2D eigenvalue weighted by molar-refractivity contribution is -0.00859. The fraction of sp³-hybridized carbons (Fsp3) is 0.538. The van der Waals surface area contributed by atoms with Crippen molar-refractivity contribution >= 4 is 0 Å². The van der Waals surface area contributed by atoms with Crippen LogP contribution in [0.5, 0.6) is 5.75 Å². The summed E-state index contributed by atoms with van der Waals surface area (Å²) in [5.74, 6) is 0.921. The van der Waals surface area contributed by atoms with Gasteiger partial charge >= 0.3 is 0 Å². The Kier molecular flexibility index (Phi) is 4.79. The van der Waals surface area contributed by atoms with Crippen LogP contribution >= 0.6 is 0 Å². The van der Waals surface area contributed by atoms with Crippen LogP contribution in [0.3, 0.4) is 0 Å². The van der Waals surface area contributed by atoms with E-state index in [4.69, 9.17) is 15.2 Å². The molecule has 2 rings (SSSR count). The van der Waals surface area contributed by atoms with Gasteiger partial charge in [-0.25, -0.2) is 0 Å². The van der Waals surface area contributed by atoms with Crippen molar-refractivity contribution in [3.63, 3.8) is 0 Å². The average molecular weight is 236 g/mol. The predicted molar refractivity (Wildman–Crippen MR) is 67.2 cm³/mol. The van der Waals surface area contributed by atoms with Crippen LogP contribution in [-0.2, 0) is 4.74 Å². The normalized spacial score (nSPS) is 21.4. The summed E-state index contributed by atoms with van der Waals surface area (Å²) in [6, 6.07) is 10.2. The topological polar surface area (TPSA) is 47.7 Å². The largest absolute Gasteiger partial charge is 0.492 e. The molecule has 1 fully saturated rings. The Bertz CT molecular complexity index is 318. The van der Waals surface area contributed by atoms with Gasteiger partial charge in [-0.05, 0) is 12.1 Å². The average Bonchev–Trinajstić information content (AvgIpc) is 2.40. The highest BCUT2D eigenvalue weighted by Gasteiger charge is 2.20. The summed E-state index contributed by atoms with van der Waals surface area (Å²) in [7, 11) is 0. The standard InChI is InChI=1S/C13H20N2O2/c14-10-12-11-16-8-6-15(12)7-9-17-13-4-2-1-3-5-13/h1-5,12H,6-11,14H2. The number of ether oxygens (including phenoxy) is 2. The van der Waals surface area contributed by atoms with Gasteiger partial charge in [-0.2, -0.15) is 0 Å². The first kappa shape index (κ1) is 12.4. The minimum atomic E-state index is 0.336. The highest BCUT2D eigenvalue weighted by atomic mass is 16.5. The molecule has 1 heterocycles. The third-order valence-electron chi connectivity index (χ3n) is 3.01. The maximum absolute atomic E-state index is 5.71. The van der Waals surface area contributed by atoms with E-state index in [9.17, 15) is 0 Å². The lowest BCUT2D eigenvalue weighted by Gasteiger charge is -2.34. The minimum Gasteiger partial charge on any atom is -0.492 e. The van der Waals surface area contributed by atoms with Crippen molar-refractivity contribution in [2.75, 3.05) is 39.5 Å². The van der Waals surface area contributed by atoms with Crippen LogP contribution in [0.15, 0.2) is 30.3 Å². The Hall–Kier alpha value is -1.10. The number of rotatable bonds is 5. The molecule has 0 saturated carbocycles. The van der Waals surface area contributed by atoms with Gasteiger partial charge in [-0.3, -0.25) is 4.90 Å². The predicted octanol–water partition coefficient (Wildman–Crippen LogP) is 0.725. The quantitative estimate of drug-likeness (QED) is 0.818. The Balaban J connectivity index is 1.74. The minimum absolute atomic E-state index is 0.336. The summed E-state index contributed by atoms with van der Waals surface area (Å²) in [4.78, 5) is 2.34. The molecule has 4 heteroatoms. The lowest BCUT2D eigenvalue weighted by atomic mass is 10.2. The van der Waals surface area contributed by atoms with Crippen LogP contribution in [-0.4, -0.2) is 50.4 Å². The first-order chi connectivity index (χ1) is 8.40. The SMILES string of the molecule is NCC1COCCN1CCOc1ccccc1. The zero-order valence-corrected chi connectivity index (χ0v) is 10.0. The number of hydrogen-bond acceptors (Lipinski definition) is 4. The zero-order valence-electron chi connectivity index (χ0n) is 10.0. The van der Waals surface area contributed by atoms with E-state index in [1.165, 1.54) is 0 Å². The van der Waals surface area contributed by atoms with Crippen LogP contribution in [0.4, 0.5) is 0 Å². The van der Waals surface area contributed by atoms with Crippen LogP contribution in [0.25, 0.3) is 0 Å². The van der Waals surface area contributed by atoms with Gasteiger partial charge in [0.05, 0.1) is 13.2 Å². The second-order valence-electron chi connectivity index (χ2n) is 4.16. The van der Waals surface area contributed by atoms with Crippen LogP contribution < -0.4 is 10.5 Å². The first-order valence-electron chi connectivity index (χ1n) is 6.10. The van der Waals surface area contributed by atoms with E-state index < -0.39 is 0 Å². The fourth-order valence-electron chi connectivity index (χ4n) is 2.00. The molecular formula is C13H20N2O2. The molecule has 17 heavy (non-hydrogen) atoms. The fourth-order valence-corrected chi connectivity index (χ4v) is 2.00. The van der Waals surface area contributed by atoms with E-state index >= 15 is 0 Å². The molecule has 1 atom stereocenters. The number of benzene rings is 1. The molecule has 0 amide bonds. The molecule has 1 aromatic rings. The number of hydrogen-bond donors (Lipinski definition) is 1. The second-order valence-corrected chi connectivity index (χ2v) is 4.16. The van der Waals surface area contributed by atoms with Gasteiger partial charge in [-0.1, -0.05) is 18.2 Å². The Labute approximate surface area is 102 Å². The number of morpholine rings is 1. The molecule has 4 nitrogen and oxygen atoms in total. The Morgan fingerprint density at radius 3 is 2.94 bits per heavy atom. The summed E-state index contributed by atoms with van der Waals surface area (Å²) < 4.78 is 11.1. The van der Waals surface area contributed by atoms with Crippen molar-refractivity contribution in [1.29, 1.82) is 0 Å². The zero-order chi connectivity index (χ0) is 11.9. The van der Waals surface area contributed by atoms with Gasteiger partial charge < -0.3 is 15.2 Å². The van der Waals surface area contributed by atoms with Crippen molar-refractivity contribution in [3.05, 3.63) is 30.3 Å². The molecule has 0 spiro atoms. The molecule has 1 aliphatic heterocycles. The maximum Gasteiger partial charge on any atom is 0.119 e. The molecule has 0 bridgehead atoms. The van der Waals surface area contributed by atoms with Gasteiger partial charge in [0.25, 0.3) is 0 Å². The molecule has 1 aromatic carbocycles. The molecule has 0 radical (unpaired) electrons. The van der Waals surface area contributed by atoms with E-state index in [0.717, 1.165) is 32.1 Å². The lowest BCUT2D eigenvalue weighted by Crippen LogP contribution is -2.50. The van der Waals surface area contributed by atoms with Gasteiger partial charge in [0.2, 0.25) is 0 Å². The number of para-hydroxylation sites is 1. The van der Waals surface area contributed by atoms with Gasteiger partial charge in [0, 0.05) is 25.7 Å². The van der Waals surface area contributed by atoms with Crippen molar-refractivity contribution in [1.82, 2.24) is 4.90 Å². The van der Waals surface area contributed by atoms with Gasteiger partial charge in [0.15, 0.2) is 0 Å². The Morgan fingerprint density at radius 1 is 1.35 bits per heavy atom. The highest BCUT2D eigenvalue weighted by Crippen LogP contribution is 2.09. The molecular weight excluding hydrogens is 216 g/mol. The summed E-state index contributed by atoms with van der Waals surface area (Å²) in [6.45, 7) is 4.72. The summed E-state index contributed by atoms with van der Waals surface area (Å²) >= 11 is 0. The molecule has 0 aliphatic carbocycles. The molecule has 1 aliphatic rings. The van der Waals surface area contributed by atoms with E-state index in [2.05, 4.69) is 4.90 Å². The maximum atomic E-state index is 5.71. The molecule has 2 N–H and O–H groups in total. The second kappa shape index (κ2) is 6.59. The van der Waals surface area contributed by atoms with Crippen molar-refractivity contribution in [2.24, 2.45) is 5.73 Å². The monoisotopic (exact) mass is 236 g/mol. The Morgan fingerprint density at radius 2 is 2.18 bits per heavy atom. The summed E-state index contributed by atoms with van der Waals surface area (Å²) in [6.07, 6.45) is 0. The summed E-state index contributed by atoms with van der Waals surface area (Å²) in [5.41, 5.74) is 5.71. The third kappa shape index (κ3) is 3.70. The third-order valence-corrected chi connectivity index (χ3v) is 3.01. The van der Waals surface area contributed by atoms with Crippen molar-refractivity contribution in [3.8, 4) is 5.75 Å². The van der Waals surface area contributed by atoms with E-state index in [1.54, 1.807) is 0 Å². The number of nitrogens with zero attached hydrogens (tertiary/aromatic N) is 1. The van der Waals surface area contributed by atoms with Crippen molar-refractivity contribution < 1.29 is 9.47 Å². The van der Waals surface area contributed by atoms with Crippen LogP contribution in [0.1, 0.15) is 0 Å². The van der Waals surface area contributed by atoms with E-state index in [1.807, 2.05) is 30.3 Å². The van der Waals surface area contributed by atoms with Gasteiger partial charge in [0.1, 0.15) is 12.4 Å². The first-order valence-corrected chi connectivity index (χ1v) is 6.10. The summed E-state index contributed by atoms with van der Waals surface area (Å²) in [5, 5.41) is 0. The smallest absolute Gasteiger partial charge is 0.119 e. The highest BCUT2D eigenvalue weighted by molar-refractivity contribution is 5.20. The van der Waals surface area contributed by atoms with Crippen LogP contribution in [0.2, 0.25) is 0 Å². The van der Waals surface area contributed by atoms with E-state index in [-0.39, 0.29) is 0 Å². The molecule has 94 valence electrons. The van der Waals surface area contributed by atoms with Crippen molar-refractivity contribution in [2.45, 2.75) is 6.04 Å². The molecule has 0 aromatic heterocycles. The number of nitrogens with two attached hydrogens (primary N) is 1. The van der Waals surface area contributed by atoms with E-state index in [0.29, 0.717) is 19.2 Å². The molecule has 1 saturated heterocycles.